The van der Waals surface area contributed by atoms with Crippen LogP contribution in [0.4, 0.5) is 0 Å². The summed E-state index contributed by atoms with van der Waals surface area (Å²) in [6.07, 6.45) is 2.09. The molecule has 1 aliphatic carbocycles. The van der Waals surface area contributed by atoms with E-state index in [0.29, 0.717) is 18.4 Å². The molecule has 110 valence electrons. The van der Waals surface area contributed by atoms with Gasteiger partial charge in [-0.3, -0.25) is 19.1 Å². The van der Waals surface area contributed by atoms with Gasteiger partial charge in [0.25, 0.3) is 5.56 Å². The van der Waals surface area contributed by atoms with Crippen molar-refractivity contribution < 1.29 is 14.6 Å². The van der Waals surface area contributed by atoms with E-state index in [1.165, 1.54) is 17.7 Å². The number of rotatable bonds is 3. The van der Waals surface area contributed by atoms with Crippen molar-refractivity contribution in [3.63, 3.8) is 0 Å². The summed E-state index contributed by atoms with van der Waals surface area (Å²) in [7, 11) is 0. The molecule has 0 unspecified atom stereocenters. The lowest BCUT2D eigenvalue weighted by Crippen LogP contribution is -2.32. The number of aliphatic hydroxyl groups is 1. The van der Waals surface area contributed by atoms with Gasteiger partial charge in [-0.15, -0.1) is 0 Å². The molecule has 0 radical (unpaired) electrons. The Morgan fingerprint density at radius 2 is 2.20 bits per heavy atom. The van der Waals surface area contributed by atoms with E-state index < -0.39 is 23.3 Å². The van der Waals surface area contributed by atoms with E-state index in [0.717, 1.165) is 0 Å². The highest BCUT2D eigenvalue weighted by Crippen LogP contribution is 2.35. The number of aryl methyl sites for hydroxylation is 1. The highest BCUT2D eigenvalue weighted by atomic mass is 16.5. The van der Waals surface area contributed by atoms with E-state index in [2.05, 4.69) is 4.98 Å². The zero-order valence-electron chi connectivity index (χ0n) is 11.5. The topological polar surface area (TPSA) is 101 Å². The van der Waals surface area contributed by atoms with Crippen molar-refractivity contribution in [2.45, 2.75) is 38.8 Å². The maximum Gasteiger partial charge on any atom is 0.328 e. The molecule has 1 aromatic rings. The first-order valence-electron chi connectivity index (χ1n) is 6.52. The maximum atomic E-state index is 11.8. The van der Waals surface area contributed by atoms with Crippen molar-refractivity contribution in [1.82, 2.24) is 9.55 Å². The second kappa shape index (κ2) is 5.62. The van der Waals surface area contributed by atoms with Crippen LogP contribution in [-0.4, -0.2) is 33.3 Å². The van der Waals surface area contributed by atoms with Crippen LogP contribution in [0.2, 0.25) is 0 Å². The fourth-order valence-corrected chi connectivity index (χ4v) is 2.69. The third-order valence-corrected chi connectivity index (χ3v) is 3.70. The molecule has 1 fully saturated rings. The summed E-state index contributed by atoms with van der Waals surface area (Å²) >= 11 is 0. The number of H-pyrrole nitrogens is 1. The molecule has 0 spiro atoms. The summed E-state index contributed by atoms with van der Waals surface area (Å²) in [5, 5.41) is 9.35. The number of nitrogens with one attached hydrogen (secondary N) is 1. The van der Waals surface area contributed by atoms with Gasteiger partial charge in [-0.05, 0) is 13.3 Å². The summed E-state index contributed by atoms with van der Waals surface area (Å²) in [6.45, 7) is 2.83. The maximum absolute atomic E-state index is 11.8. The Morgan fingerprint density at radius 1 is 1.50 bits per heavy atom. The first-order chi connectivity index (χ1) is 9.42. The third-order valence-electron chi connectivity index (χ3n) is 3.70. The minimum absolute atomic E-state index is 0.106. The van der Waals surface area contributed by atoms with E-state index in [-0.39, 0.29) is 18.6 Å². The van der Waals surface area contributed by atoms with Crippen LogP contribution in [0.1, 0.15) is 31.4 Å². The highest BCUT2D eigenvalue weighted by molar-refractivity contribution is 5.66. The van der Waals surface area contributed by atoms with E-state index in [9.17, 15) is 19.5 Å². The van der Waals surface area contributed by atoms with Crippen LogP contribution < -0.4 is 11.2 Å². The largest absolute Gasteiger partial charge is 0.462 e. The molecule has 0 aromatic carbocycles. The Bertz CT molecular complexity index is 618. The lowest BCUT2D eigenvalue weighted by molar-refractivity contribution is -0.148. The number of esters is 1. The number of aliphatic hydroxyl groups excluding tert-OH is 1. The monoisotopic (exact) mass is 282 g/mol. The number of hydrogen-bond acceptors (Lipinski definition) is 5. The van der Waals surface area contributed by atoms with Crippen LogP contribution in [0.5, 0.6) is 0 Å². The van der Waals surface area contributed by atoms with Crippen molar-refractivity contribution in [2.75, 3.05) is 6.61 Å². The van der Waals surface area contributed by atoms with E-state index in [1.54, 1.807) is 6.92 Å². The number of hydrogen-bond donors (Lipinski definition) is 2. The molecular formula is C13H18N2O5. The van der Waals surface area contributed by atoms with E-state index in [1.807, 2.05) is 0 Å². The van der Waals surface area contributed by atoms with Crippen LogP contribution in [-0.2, 0) is 9.53 Å². The molecule has 2 N–H and O–H groups in total. The number of carbonyl (C=O) groups excluding carboxylic acids is 1. The van der Waals surface area contributed by atoms with Gasteiger partial charge in [0.15, 0.2) is 0 Å². The molecule has 3 atom stereocenters. The van der Waals surface area contributed by atoms with E-state index >= 15 is 0 Å². The van der Waals surface area contributed by atoms with Crippen LogP contribution in [0.15, 0.2) is 15.8 Å². The minimum atomic E-state index is -0.481. The molecule has 0 aliphatic heterocycles. The van der Waals surface area contributed by atoms with Crippen molar-refractivity contribution in [3.05, 3.63) is 32.6 Å². The van der Waals surface area contributed by atoms with Gasteiger partial charge in [0, 0.05) is 43.7 Å². The van der Waals surface area contributed by atoms with Gasteiger partial charge < -0.3 is 9.84 Å². The predicted molar refractivity (Wildman–Crippen MR) is 70.5 cm³/mol. The molecular weight excluding hydrogens is 264 g/mol. The summed E-state index contributed by atoms with van der Waals surface area (Å²) in [6, 6.07) is -0.195. The van der Waals surface area contributed by atoms with Gasteiger partial charge in [0.2, 0.25) is 0 Å². The minimum Gasteiger partial charge on any atom is -0.462 e. The molecule has 0 amide bonds. The summed E-state index contributed by atoms with van der Waals surface area (Å²) < 4.78 is 6.62. The molecule has 7 nitrogen and oxygen atoms in total. The van der Waals surface area contributed by atoms with Crippen molar-refractivity contribution >= 4 is 5.97 Å². The first-order valence-corrected chi connectivity index (χ1v) is 6.52. The van der Waals surface area contributed by atoms with E-state index in [4.69, 9.17) is 4.74 Å². The fourth-order valence-electron chi connectivity index (χ4n) is 2.69. The Hall–Kier alpha value is -1.89. The summed E-state index contributed by atoms with van der Waals surface area (Å²) in [5.74, 6) is -0.595. The molecule has 2 rings (SSSR count). The van der Waals surface area contributed by atoms with Gasteiger partial charge in [0.05, 0.1) is 0 Å². The number of aromatic amines is 1. The second-order valence-electron chi connectivity index (χ2n) is 5.19. The Labute approximate surface area is 115 Å². The number of carbonyl (C=O) groups is 1. The molecule has 1 aliphatic rings. The van der Waals surface area contributed by atoms with Gasteiger partial charge >= 0.3 is 11.7 Å². The Kier molecular flexibility index (Phi) is 4.08. The van der Waals surface area contributed by atoms with Crippen molar-refractivity contribution in [3.8, 4) is 0 Å². The summed E-state index contributed by atoms with van der Waals surface area (Å²) in [4.78, 5) is 36.5. The van der Waals surface area contributed by atoms with Gasteiger partial charge in [-0.2, -0.15) is 0 Å². The lowest BCUT2D eigenvalue weighted by Gasteiger charge is -2.16. The standard InChI is InChI=1S/C13H18N2O5/c1-7-5-15(13(19)14-12(7)18)10-3-9(6-16)11(4-10)20-8(2)17/h5,9-11,16H,3-4,6H2,1-2H3,(H,14,18,19)/t9-,10-,11+/m1/s1. The fraction of sp³-hybridized carbons (Fsp3) is 0.615. The number of aromatic nitrogens is 2. The Morgan fingerprint density at radius 3 is 2.80 bits per heavy atom. The Balaban J connectivity index is 2.27. The van der Waals surface area contributed by atoms with Crippen LogP contribution in [0.25, 0.3) is 0 Å². The molecule has 20 heavy (non-hydrogen) atoms. The molecule has 7 heteroatoms. The first kappa shape index (κ1) is 14.5. The quantitative estimate of drug-likeness (QED) is 0.742. The smallest absolute Gasteiger partial charge is 0.328 e. The average Bonchev–Trinajstić information content (AvgIpc) is 2.75. The van der Waals surface area contributed by atoms with Crippen LogP contribution in [0.3, 0.4) is 0 Å². The normalized spacial score (nSPS) is 25.6. The SMILES string of the molecule is CC(=O)O[C@H]1C[C@H](n2cc(C)c(=O)[nH]c2=O)C[C@@H]1CO. The number of ether oxygens (including phenoxy) is 1. The van der Waals surface area contributed by atoms with Crippen molar-refractivity contribution in [2.24, 2.45) is 5.92 Å². The summed E-state index contributed by atoms with van der Waals surface area (Å²) in [5.41, 5.74) is -0.439. The molecule has 0 saturated heterocycles. The van der Waals surface area contributed by atoms with Gasteiger partial charge in [-0.25, -0.2) is 4.79 Å². The third kappa shape index (κ3) is 2.82. The van der Waals surface area contributed by atoms with Gasteiger partial charge in [-0.1, -0.05) is 0 Å². The highest BCUT2D eigenvalue weighted by Gasteiger charge is 2.37. The molecule has 1 aromatic heterocycles. The molecule has 1 heterocycles. The average molecular weight is 282 g/mol. The van der Waals surface area contributed by atoms with Crippen molar-refractivity contribution in [1.29, 1.82) is 0 Å². The zero-order chi connectivity index (χ0) is 14.9. The van der Waals surface area contributed by atoms with Crippen LogP contribution in [0, 0.1) is 12.8 Å². The second-order valence-corrected chi connectivity index (χ2v) is 5.19. The van der Waals surface area contributed by atoms with Crippen LogP contribution >= 0.6 is 0 Å². The number of nitrogens with zero attached hydrogens (tertiary/aromatic N) is 1. The predicted octanol–water partition coefficient (Wildman–Crippen LogP) is -0.280. The molecule has 0 bridgehead atoms. The zero-order valence-corrected chi connectivity index (χ0v) is 11.5. The lowest BCUT2D eigenvalue weighted by atomic mass is 10.1. The molecule has 1 saturated carbocycles. The van der Waals surface area contributed by atoms with Gasteiger partial charge in [0.1, 0.15) is 6.10 Å².